The van der Waals surface area contributed by atoms with Crippen LogP contribution < -0.4 is 5.32 Å². The number of hydrogen-bond acceptors (Lipinski definition) is 2. The summed E-state index contributed by atoms with van der Waals surface area (Å²) in [7, 11) is 0. The first-order valence-corrected chi connectivity index (χ1v) is 8.20. The molecule has 0 aliphatic heterocycles. The Morgan fingerprint density at radius 3 is 2.75 bits per heavy atom. The zero-order valence-electron chi connectivity index (χ0n) is 13.4. The number of H-pyrrole nitrogens is 1. The molecule has 0 aliphatic rings. The third-order valence-corrected chi connectivity index (χ3v) is 4.14. The molecule has 0 radical (unpaired) electrons. The van der Waals surface area contributed by atoms with Crippen molar-refractivity contribution in [3.8, 4) is 0 Å². The van der Waals surface area contributed by atoms with Gasteiger partial charge in [-0.2, -0.15) is 5.10 Å². The fraction of sp³-hybridized carbons (Fsp3) is 0.150. The predicted molar refractivity (Wildman–Crippen MR) is 96.6 cm³/mol. The molecule has 4 rings (SSSR count). The van der Waals surface area contributed by atoms with Crippen molar-refractivity contribution in [2.75, 3.05) is 0 Å². The zero-order chi connectivity index (χ0) is 16.2. The van der Waals surface area contributed by atoms with Gasteiger partial charge >= 0.3 is 0 Å². The molecule has 0 amide bonds. The Hall–Kier alpha value is -2.85. The van der Waals surface area contributed by atoms with Crippen molar-refractivity contribution in [2.45, 2.75) is 19.6 Å². The smallest absolute Gasteiger partial charge is 0.0762 e. The topological polar surface area (TPSA) is 45.6 Å². The van der Waals surface area contributed by atoms with Crippen molar-refractivity contribution >= 4 is 10.9 Å². The van der Waals surface area contributed by atoms with Gasteiger partial charge in [-0.3, -0.25) is 4.68 Å². The van der Waals surface area contributed by atoms with Gasteiger partial charge in [0.05, 0.1) is 12.2 Å². The van der Waals surface area contributed by atoms with Gasteiger partial charge in [0.25, 0.3) is 0 Å². The lowest BCUT2D eigenvalue weighted by Crippen LogP contribution is -2.13. The first-order valence-electron chi connectivity index (χ1n) is 8.20. The average molecular weight is 316 g/mol. The van der Waals surface area contributed by atoms with Crippen LogP contribution in [0.4, 0.5) is 0 Å². The molecular weight excluding hydrogens is 296 g/mol. The number of nitrogens with one attached hydrogen (secondary N) is 2. The van der Waals surface area contributed by atoms with Gasteiger partial charge in [0, 0.05) is 31.0 Å². The maximum atomic E-state index is 4.63. The zero-order valence-corrected chi connectivity index (χ0v) is 13.4. The van der Waals surface area contributed by atoms with E-state index >= 15 is 0 Å². The van der Waals surface area contributed by atoms with Crippen LogP contribution in [-0.4, -0.2) is 14.8 Å². The minimum Gasteiger partial charge on any atom is -0.361 e. The number of aromatic amines is 1. The van der Waals surface area contributed by atoms with Crippen molar-refractivity contribution in [3.05, 3.63) is 89.9 Å². The third-order valence-electron chi connectivity index (χ3n) is 4.14. The van der Waals surface area contributed by atoms with Crippen molar-refractivity contribution in [2.24, 2.45) is 0 Å². The van der Waals surface area contributed by atoms with Crippen LogP contribution in [0.5, 0.6) is 0 Å². The molecule has 2 aromatic heterocycles. The monoisotopic (exact) mass is 316 g/mol. The SMILES string of the molecule is c1ccc(Cn2ccc(CNCc3ccc4cc[nH]c4c3)n2)cc1. The molecule has 0 saturated heterocycles. The van der Waals surface area contributed by atoms with Crippen LogP contribution in [0.2, 0.25) is 0 Å². The maximum absolute atomic E-state index is 4.63. The second-order valence-corrected chi connectivity index (χ2v) is 5.99. The Labute approximate surface area is 141 Å². The minimum atomic E-state index is 0.768. The van der Waals surface area contributed by atoms with Crippen LogP contribution in [0.3, 0.4) is 0 Å². The van der Waals surface area contributed by atoms with Crippen LogP contribution in [0.15, 0.2) is 73.1 Å². The van der Waals surface area contributed by atoms with E-state index in [1.165, 1.54) is 22.0 Å². The third kappa shape index (κ3) is 3.39. The standard InChI is InChI=1S/C20H20N4/c1-2-4-16(5-3-1)15-24-11-9-19(23-24)14-21-13-17-6-7-18-8-10-22-20(18)12-17/h1-12,21-22H,13-15H2. The molecular formula is C20H20N4. The number of hydrogen-bond donors (Lipinski definition) is 2. The summed E-state index contributed by atoms with van der Waals surface area (Å²) in [5.41, 5.74) is 4.78. The molecule has 120 valence electrons. The van der Waals surface area contributed by atoms with E-state index in [4.69, 9.17) is 0 Å². The van der Waals surface area contributed by atoms with Gasteiger partial charge in [-0.1, -0.05) is 42.5 Å². The van der Waals surface area contributed by atoms with Crippen LogP contribution in [-0.2, 0) is 19.6 Å². The van der Waals surface area contributed by atoms with Crippen LogP contribution in [0.1, 0.15) is 16.8 Å². The summed E-state index contributed by atoms with van der Waals surface area (Å²) in [5.74, 6) is 0. The van der Waals surface area contributed by atoms with Crippen LogP contribution >= 0.6 is 0 Å². The maximum Gasteiger partial charge on any atom is 0.0762 e. The van der Waals surface area contributed by atoms with E-state index in [0.717, 1.165) is 25.3 Å². The number of fused-ring (bicyclic) bond motifs is 1. The molecule has 4 heteroatoms. The molecule has 2 N–H and O–H groups in total. The number of rotatable bonds is 6. The lowest BCUT2D eigenvalue weighted by molar-refractivity contribution is 0.633. The first-order chi connectivity index (χ1) is 11.9. The molecule has 0 fully saturated rings. The fourth-order valence-corrected chi connectivity index (χ4v) is 2.90. The Morgan fingerprint density at radius 2 is 1.83 bits per heavy atom. The van der Waals surface area contributed by atoms with E-state index in [0.29, 0.717) is 0 Å². The molecule has 24 heavy (non-hydrogen) atoms. The quantitative estimate of drug-likeness (QED) is 0.570. The summed E-state index contributed by atoms with van der Waals surface area (Å²) in [5, 5.41) is 9.34. The largest absolute Gasteiger partial charge is 0.361 e. The summed E-state index contributed by atoms with van der Waals surface area (Å²) in [6.45, 7) is 2.41. The predicted octanol–water partition coefficient (Wildman–Crippen LogP) is 3.70. The van der Waals surface area contributed by atoms with Gasteiger partial charge in [-0.05, 0) is 34.7 Å². The first kappa shape index (κ1) is 14.7. The van der Waals surface area contributed by atoms with Gasteiger partial charge in [0.2, 0.25) is 0 Å². The van der Waals surface area contributed by atoms with E-state index in [-0.39, 0.29) is 0 Å². The Bertz CT molecular complexity index is 921. The highest BCUT2D eigenvalue weighted by molar-refractivity contribution is 5.79. The van der Waals surface area contributed by atoms with E-state index in [9.17, 15) is 0 Å². The molecule has 4 nitrogen and oxygen atoms in total. The van der Waals surface area contributed by atoms with Crippen LogP contribution in [0, 0.1) is 0 Å². The molecule has 2 heterocycles. The van der Waals surface area contributed by atoms with Crippen LogP contribution in [0.25, 0.3) is 10.9 Å². The second kappa shape index (κ2) is 6.72. The molecule has 0 saturated carbocycles. The molecule has 0 atom stereocenters. The minimum absolute atomic E-state index is 0.768. The number of benzene rings is 2. The van der Waals surface area contributed by atoms with Gasteiger partial charge in [0.15, 0.2) is 0 Å². The molecule has 0 aliphatic carbocycles. The van der Waals surface area contributed by atoms with Crippen molar-refractivity contribution < 1.29 is 0 Å². The highest BCUT2D eigenvalue weighted by atomic mass is 15.3. The van der Waals surface area contributed by atoms with Crippen molar-refractivity contribution in [1.82, 2.24) is 20.1 Å². The van der Waals surface area contributed by atoms with Gasteiger partial charge in [-0.25, -0.2) is 0 Å². The second-order valence-electron chi connectivity index (χ2n) is 5.99. The highest BCUT2D eigenvalue weighted by Crippen LogP contribution is 2.14. The van der Waals surface area contributed by atoms with E-state index in [1.54, 1.807) is 0 Å². The Kier molecular flexibility index (Phi) is 4.13. The summed E-state index contributed by atoms with van der Waals surface area (Å²) in [6.07, 6.45) is 4.01. The normalized spacial score (nSPS) is 11.2. The number of nitrogens with zero attached hydrogens (tertiary/aromatic N) is 2. The summed E-state index contributed by atoms with van der Waals surface area (Å²) in [6, 6.07) is 21.1. The lowest BCUT2D eigenvalue weighted by Gasteiger charge is -2.04. The van der Waals surface area contributed by atoms with Crippen molar-refractivity contribution in [3.63, 3.8) is 0 Å². The van der Waals surface area contributed by atoms with E-state index in [2.05, 4.69) is 70.0 Å². The molecule has 0 spiro atoms. The number of aromatic nitrogens is 3. The van der Waals surface area contributed by atoms with Gasteiger partial charge in [0.1, 0.15) is 0 Å². The van der Waals surface area contributed by atoms with Crippen molar-refractivity contribution in [1.29, 1.82) is 0 Å². The average Bonchev–Trinajstić information content (AvgIpc) is 3.25. The lowest BCUT2D eigenvalue weighted by atomic mass is 10.1. The van der Waals surface area contributed by atoms with Gasteiger partial charge in [-0.15, -0.1) is 0 Å². The summed E-state index contributed by atoms with van der Waals surface area (Å²) < 4.78 is 1.98. The Morgan fingerprint density at radius 1 is 0.917 bits per heavy atom. The van der Waals surface area contributed by atoms with Gasteiger partial charge < -0.3 is 10.3 Å². The highest BCUT2D eigenvalue weighted by Gasteiger charge is 2.01. The summed E-state index contributed by atoms with van der Waals surface area (Å²) >= 11 is 0. The summed E-state index contributed by atoms with van der Waals surface area (Å²) in [4.78, 5) is 3.25. The van der Waals surface area contributed by atoms with E-state index in [1.807, 2.05) is 23.1 Å². The molecule has 0 bridgehead atoms. The fourth-order valence-electron chi connectivity index (χ4n) is 2.90. The van der Waals surface area contributed by atoms with E-state index < -0.39 is 0 Å². The molecule has 0 unspecified atom stereocenters. The molecule has 4 aromatic rings. The Balaban J connectivity index is 1.33. The molecule has 2 aromatic carbocycles.